The van der Waals surface area contributed by atoms with Crippen LogP contribution in [0.5, 0.6) is 0 Å². The van der Waals surface area contributed by atoms with Crippen LogP contribution in [-0.2, 0) is 19.5 Å². The number of nitrogens with two attached hydrogens (primary N) is 3. The number of nitrogens with one attached hydrogen (secondary N) is 3. The Hall–Kier alpha value is -1.69. The third-order valence-electron chi connectivity index (χ3n) is 0.354. The molecule has 0 aromatic carbocycles. The number of amides is 3. The molecule has 3 amide bonds. The fourth-order valence-electron chi connectivity index (χ4n) is 0. The molecule has 0 aliphatic carbocycles. The molecule has 0 saturated carbocycles. The standard InChI is InChI=1S/3CH4N2O2.Ru/c3*2-3-1(4)5;/h3*3H,2H2,(H,4,5);/q;;;+3/p-3. The van der Waals surface area contributed by atoms with Gasteiger partial charge in [0.2, 0.25) is 0 Å². The number of hydrazine groups is 3. The van der Waals surface area contributed by atoms with Gasteiger partial charge in [0, 0.05) is 0 Å². The molecule has 0 atom stereocenters. The van der Waals surface area contributed by atoms with Crippen LogP contribution < -0.4 is 49.1 Å². The van der Waals surface area contributed by atoms with Crippen LogP contribution in [0.4, 0.5) is 14.4 Å². The van der Waals surface area contributed by atoms with Gasteiger partial charge in [-0.15, -0.1) is 0 Å². The summed E-state index contributed by atoms with van der Waals surface area (Å²) < 4.78 is 0. The third-order valence-corrected chi connectivity index (χ3v) is 0.354. The molecule has 0 rings (SSSR count). The maximum atomic E-state index is 9.02. The largest absolute Gasteiger partial charge is 3.00 e. The molecule has 0 aromatic rings. The summed E-state index contributed by atoms with van der Waals surface area (Å²) in [5, 5.41) is 27.1. The maximum absolute atomic E-state index is 9.02. The van der Waals surface area contributed by atoms with Gasteiger partial charge in [-0.25, -0.2) is 17.5 Å². The van der Waals surface area contributed by atoms with Crippen molar-refractivity contribution in [3.05, 3.63) is 0 Å². The number of rotatable bonds is 0. The molecule has 12 nitrogen and oxygen atoms in total. The van der Waals surface area contributed by atoms with E-state index in [1.54, 1.807) is 0 Å². The van der Waals surface area contributed by atoms with Gasteiger partial charge in [0.1, 0.15) is 18.3 Å². The van der Waals surface area contributed by atoms with Crippen LogP contribution in [-0.4, -0.2) is 18.3 Å². The molecule has 13 heteroatoms. The van der Waals surface area contributed by atoms with Crippen molar-refractivity contribution in [3.63, 3.8) is 0 Å². The van der Waals surface area contributed by atoms with Gasteiger partial charge in [0.25, 0.3) is 0 Å². The molecule has 16 heavy (non-hydrogen) atoms. The maximum Gasteiger partial charge on any atom is 3.00 e. The van der Waals surface area contributed by atoms with Crippen LogP contribution in [0.25, 0.3) is 0 Å². The van der Waals surface area contributed by atoms with Crippen molar-refractivity contribution in [1.82, 2.24) is 16.3 Å². The Morgan fingerprint density at radius 1 is 0.688 bits per heavy atom. The zero-order valence-corrected chi connectivity index (χ0v) is 9.27. The summed E-state index contributed by atoms with van der Waals surface area (Å²) in [7, 11) is 0. The normalized spacial score (nSPS) is 6.19. The molecule has 0 aliphatic rings. The average molecular weight is 326 g/mol. The molecule has 9 N–H and O–H groups in total. The van der Waals surface area contributed by atoms with Crippen molar-refractivity contribution in [2.24, 2.45) is 17.5 Å². The summed E-state index contributed by atoms with van der Waals surface area (Å²) in [6, 6.07) is 0. The minimum absolute atomic E-state index is 0. The average Bonchev–Trinajstić information content (AvgIpc) is 2.19. The zero-order valence-electron chi connectivity index (χ0n) is 7.54. The first-order valence-electron chi connectivity index (χ1n) is 2.84. The van der Waals surface area contributed by atoms with Gasteiger partial charge < -0.3 is 46.0 Å². The molecule has 1 radical (unpaired) electrons. The summed E-state index contributed by atoms with van der Waals surface area (Å²) in [6.07, 6.45) is -4.40. The fraction of sp³-hybridized carbons (Fsp3) is 0. The van der Waals surface area contributed by atoms with Crippen LogP contribution in [0.15, 0.2) is 0 Å². The molecule has 0 spiro atoms. The number of carboxylic acid groups (broad SMARTS) is 3. The van der Waals surface area contributed by atoms with Gasteiger partial charge in [-0.05, 0) is 0 Å². The van der Waals surface area contributed by atoms with E-state index in [4.69, 9.17) is 29.7 Å². The van der Waals surface area contributed by atoms with Crippen LogP contribution in [0.1, 0.15) is 0 Å². The number of carbonyl (C=O) groups excluding carboxylic acids is 3. The second-order valence-corrected chi connectivity index (χ2v) is 1.30. The van der Waals surface area contributed by atoms with Crippen molar-refractivity contribution < 1.29 is 49.2 Å². The monoisotopic (exact) mass is 327 g/mol. The minimum atomic E-state index is -1.47. The Labute approximate surface area is 102 Å². The summed E-state index contributed by atoms with van der Waals surface area (Å²) in [5.41, 5.74) is 4.00. The molecule has 0 saturated heterocycles. The smallest absolute Gasteiger partial charge is 0.529 e. The first-order valence-corrected chi connectivity index (χ1v) is 2.84. The summed E-state index contributed by atoms with van der Waals surface area (Å²) >= 11 is 0. The molecular formula is C3H9N6O6Ru. The quantitative estimate of drug-likeness (QED) is 0.107. The van der Waals surface area contributed by atoms with Crippen LogP contribution >= 0.6 is 0 Å². The van der Waals surface area contributed by atoms with Crippen molar-refractivity contribution >= 4 is 18.3 Å². The van der Waals surface area contributed by atoms with Gasteiger partial charge in [0.05, 0.1) is 0 Å². The summed E-state index contributed by atoms with van der Waals surface area (Å²) in [5.74, 6) is 12.8. The van der Waals surface area contributed by atoms with Crippen molar-refractivity contribution in [3.8, 4) is 0 Å². The molecule has 95 valence electrons. The fourth-order valence-corrected chi connectivity index (χ4v) is 0. The molecular weight excluding hydrogens is 317 g/mol. The van der Waals surface area contributed by atoms with Gasteiger partial charge in [-0.1, -0.05) is 0 Å². The Bertz CT molecular complexity index is 167. The van der Waals surface area contributed by atoms with Gasteiger partial charge >= 0.3 is 19.5 Å². The Morgan fingerprint density at radius 2 is 0.750 bits per heavy atom. The van der Waals surface area contributed by atoms with Crippen LogP contribution in [0.2, 0.25) is 0 Å². The SMILES string of the molecule is NNC(=O)[O-].NNC(=O)[O-].NNC(=O)[O-].[Ru+3]. The van der Waals surface area contributed by atoms with Crippen molar-refractivity contribution in [2.45, 2.75) is 0 Å². The van der Waals surface area contributed by atoms with Crippen LogP contribution in [0.3, 0.4) is 0 Å². The van der Waals surface area contributed by atoms with E-state index in [1.165, 1.54) is 16.3 Å². The van der Waals surface area contributed by atoms with E-state index in [-0.39, 0.29) is 19.5 Å². The van der Waals surface area contributed by atoms with Crippen molar-refractivity contribution in [2.75, 3.05) is 0 Å². The van der Waals surface area contributed by atoms with Gasteiger partial charge in [-0.3, -0.25) is 0 Å². The van der Waals surface area contributed by atoms with Crippen molar-refractivity contribution in [1.29, 1.82) is 0 Å². The van der Waals surface area contributed by atoms with E-state index in [2.05, 4.69) is 17.5 Å². The van der Waals surface area contributed by atoms with E-state index < -0.39 is 18.3 Å². The van der Waals surface area contributed by atoms with Gasteiger partial charge in [-0.2, -0.15) is 0 Å². The summed E-state index contributed by atoms with van der Waals surface area (Å²) in [4.78, 5) is 27.1. The predicted octanol–water partition coefficient (Wildman–Crippen LogP) is -6.62. The molecule has 0 unspecified atom stereocenters. The minimum Gasteiger partial charge on any atom is -0.529 e. The molecule has 0 heterocycles. The van der Waals surface area contributed by atoms with E-state index in [0.29, 0.717) is 0 Å². The Morgan fingerprint density at radius 3 is 0.750 bits per heavy atom. The summed E-state index contributed by atoms with van der Waals surface area (Å²) in [6.45, 7) is 0. The topological polar surface area (TPSA) is 235 Å². The first kappa shape index (κ1) is 23.9. The second kappa shape index (κ2) is 19.0. The third kappa shape index (κ3) is 84.7. The van der Waals surface area contributed by atoms with E-state index >= 15 is 0 Å². The molecule has 0 aliphatic heterocycles. The number of carbonyl (C=O) groups is 3. The van der Waals surface area contributed by atoms with E-state index in [1.807, 2.05) is 0 Å². The predicted molar refractivity (Wildman–Crippen MR) is 38.2 cm³/mol. The molecule has 0 bridgehead atoms. The van der Waals surface area contributed by atoms with E-state index in [0.717, 1.165) is 0 Å². The number of hydrogen-bond donors (Lipinski definition) is 6. The second-order valence-electron chi connectivity index (χ2n) is 1.30. The van der Waals surface area contributed by atoms with Crippen LogP contribution in [0, 0.1) is 0 Å². The first-order chi connectivity index (χ1) is 6.81. The Kier molecular flexibility index (Phi) is 28.3. The Balaban J connectivity index is -0.0000000655. The number of hydrogen-bond acceptors (Lipinski definition) is 9. The van der Waals surface area contributed by atoms with Gasteiger partial charge in [0.15, 0.2) is 0 Å². The van der Waals surface area contributed by atoms with E-state index in [9.17, 15) is 0 Å². The molecule has 0 aromatic heterocycles. The zero-order chi connectivity index (χ0) is 12.9. The molecule has 0 fully saturated rings.